The molecule has 110 valence electrons. The van der Waals surface area contributed by atoms with Gasteiger partial charge < -0.3 is 10.5 Å². The molecule has 5 heteroatoms. The summed E-state index contributed by atoms with van der Waals surface area (Å²) >= 11 is 12.3. The van der Waals surface area contributed by atoms with E-state index in [9.17, 15) is 4.79 Å². The minimum atomic E-state index is -0.481. The van der Waals surface area contributed by atoms with Crippen LogP contribution in [0, 0.1) is 0 Å². The molecule has 0 aliphatic carbocycles. The van der Waals surface area contributed by atoms with Crippen LogP contribution in [-0.4, -0.2) is 12.6 Å². The molecule has 21 heavy (non-hydrogen) atoms. The lowest BCUT2D eigenvalue weighted by Gasteiger charge is -2.13. The number of carbonyl (C=O) groups excluding carboxylic acids is 1. The Hall–Kier alpha value is -1.71. The first kappa shape index (κ1) is 15.7. The Labute approximate surface area is 133 Å². The quantitative estimate of drug-likeness (QED) is 0.648. The summed E-state index contributed by atoms with van der Waals surface area (Å²) in [7, 11) is 0. The van der Waals surface area contributed by atoms with Gasteiger partial charge >= 0.3 is 5.97 Å². The SMILES string of the molecule is CCCOC(=O)c1cc(Cl)cc(-c2ccccc2Cl)c1N. The van der Waals surface area contributed by atoms with E-state index >= 15 is 0 Å². The van der Waals surface area contributed by atoms with Gasteiger partial charge in [-0.05, 0) is 24.6 Å². The van der Waals surface area contributed by atoms with Crippen LogP contribution in [-0.2, 0) is 4.74 Å². The maximum atomic E-state index is 12.1. The predicted octanol–water partition coefficient (Wildman–Crippen LogP) is 4.81. The van der Waals surface area contributed by atoms with E-state index in [0.717, 1.165) is 12.0 Å². The predicted molar refractivity (Wildman–Crippen MR) is 86.9 cm³/mol. The van der Waals surface area contributed by atoms with Crippen LogP contribution in [0.2, 0.25) is 10.0 Å². The van der Waals surface area contributed by atoms with Crippen molar-refractivity contribution in [3.63, 3.8) is 0 Å². The largest absolute Gasteiger partial charge is 0.462 e. The molecule has 0 heterocycles. The van der Waals surface area contributed by atoms with Crippen molar-refractivity contribution in [2.45, 2.75) is 13.3 Å². The van der Waals surface area contributed by atoms with Crippen molar-refractivity contribution < 1.29 is 9.53 Å². The van der Waals surface area contributed by atoms with Gasteiger partial charge in [0.15, 0.2) is 0 Å². The van der Waals surface area contributed by atoms with Gasteiger partial charge in [0.2, 0.25) is 0 Å². The molecule has 0 aliphatic heterocycles. The molecule has 3 nitrogen and oxygen atoms in total. The number of benzene rings is 2. The fourth-order valence-corrected chi connectivity index (χ4v) is 2.42. The third-order valence-corrected chi connectivity index (χ3v) is 3.51. The van der Waals surface area contributed by atoms with Gasteiger partial charge in [-0.1, -0.05) is 48.3 Å². The summed E-state index contributed by atoms with van der Waals surface area (Å²) in [5, 5.41) is 0.946. The molecule has 0 unspecified atom stereocenters. The maximum Gasteiger partial charge on any atom is 0.340 e. The molecule has 0 saturated heterocycles. The molecule has 0 amide bonds. The number of hydrogen-bond donors (Lipinski definition) is 1. The molecule has 2 aromatic rings. The Morgan fingerprint density at radius 2 is 1.90 bits per heavy atom. The second-order valence-corrected chi connectivity index (χ2v) is 5.37. The van der Waals surface area contributed by atoms with Gasteiger partial charge in [-0.3, -0.25) is 0 Å². The van der Waals surface area contributed by atoms with Crippen molar-refractivity contribution >= 4 is 34.9 Å². The molecule has 0 spiro atoms. The van der Waals surface area contributed by atoms with E-state index in [1.165, 1.54) is 6.07 Å². The molecule has 0 fully saturated rings. The van der Waals surface area contributed by atoms with Crippen molar-refractivity contribution in [1.29, 1.82) is 0 Å². The van der Waals surface area contributed by atoms with Crippen LogP contribution in [0.4, 0.5) is 5.69 Å². The van der Waals surface area contributed by atoms with Gasteiger partial charge in [0.25, 0.3) is 0 Å². The van der Waals surface area contributed by atoms with Gasteiger partial charge in [-0.15, -0.1) is 0 Å². The lowest BCUT2D eigenvalue weighted by molar-refractivity contribution is 0.0506. The van der Waals surface area contributed by atoms with Gasteiger partial charge in [0.1, 0.15) is 0 Å². The molecule has 0 aliphatic rings. The molecule has 0 bridgehead atoms. The Kier molecular flexibility index (Phi) is 5.10. The summed E-state index contributed by atoms with van der Waals surface area (Å²) in [6, 6.07) is 10.4. The molecule has 0 saturated carbocycles. The van der Waals surface area contributed by atoms with E-state index < -0.39 is 5.97 Å². The highest BCUT2D eigenvalue weighted by atomic mass is 35.5. The van der Waals surface area contributed by atoms with E-state index in [4.69, 9.17) is 33.7 Å². The van der Waals surface area contributed by atoms with E-state index in [1.54, 1.807) is 12.1 Å². The van der Waals surface area contributed by atoms with Crippen molar-refractivity contribution in [2.75, 3.05) is 12.3 Å². The van der Waals surface area contributed by atoms with Crippen LogP contribution < -0.4 is 5.73 Å². The molecule has 0 radical (unpaired) electrons. The number of halogens is 2. The first-order valence-electron chi connectivity index (χ1n) is 6.55. The van der Waals surface area contributed by atoms with Crippen LogP contribution in [0.25, 0.3) is 11.1 Å². The fourth-order valence-electron chi connectivity index (χ4n) is 1.96. The first-order valence-corrected chi connectivity index (χ1v) is 7.31. The average molecular weight is 324 g/mol. The van der Waals surface area contributed by atoms with Crippen LogP contribution >= 0.6 is 23.2 Å². The highest BCUT2D eigenvalue weighted by Crippen LogP contribution is 2.36. The number of ether oxygens (including phenoxy) is 1. The van der Waals surface area contributed by atoms with Gasteiger partial charge in [0, 0.05) is 21.2 Å². The van der Waals surface area contributed by atoms with Crippen molar-refractivity contribution in [3.8, 4) is 11.1 Å². The van der Waals surface area contributed by atoms with E-state index in [0.29, 0.717) is 27.9 Å². The first-order chi connectivity index (χ1) is 10.0. The summed E-state index contributed by atoms with van der Waals surface area (Å²) in [4.78, 5) is 12.1. The second-order valence-electron chi connectivity index (χ2n) is 4.53. The minimum Gasteiger partial charge on any atom is -0.462 e. The second kappa shape index (κ2) is 6.83. The van der Waals surface area contributed by atoms with Gasteiger partial charge in [-0.2, -0.15) is 0 Å². The zero-order valence-corrected chi connectivity index (χ0v) is 13.0. The summed E-state index contributed by atoms with van der Waals surface area (Å²) < 4.78 is 5.12. The highest BCUT2D eigenvalue weighted by molar-refractivity contribution is 6.34. The minimum absolute atomic E-state index is 0.255. The normalized spacial score (nSPS) is 10.4. The number of anilines is 1. The number of carbonyl (C=O) groups is 1. The van der Waals surface area contributed by atoms with Gasteiger partial charge in [0.05, 0.1) is 17.9 Å². The third-order valence-electron chi connectivity index (χ3n) is 2.97. The van der Waals surface area contributed by atoms with Crippen molar-refractivity contribution in [3.05, 3.63) is 52.0 Å². The molecule has 2 rings (SSSR count). The summed E-state index contributed by atoms with van der Waals surface area (Å²) in [5.74, 6) is -0.481. The molecule has 0 aromatic heterocycles. The van der Waals surface area contributed by atoms with E-state index in [1.807, 2.05) is 25.1 Å². The average Bonchev–Trinajstić information content (AvgIpc) is 2.47. The summed E-state index contributed by atoms with van der Waals surface area (Å²) in [5.41, 5.74) is 8.02. The maximum absolute atomic E-state index is 12.1. The Morgan fingerprint density at radius 1 is 1.19 bits per heavy atom. The Morgan fingerprint density at radius 3 is 2.57 bits per heavy atom. The Balaban J connectivity index is 2.52. The smallest absolute Gasteiger partial charge is 0.340 e. The molecule has 0 atom stereocenters. The fraction of sp³-hybridized carbons (Fsp3) is 0.188. The number of hydrogen-bond acceptors (Lipinski definition) is 3. The lowest BCUT2D eigenvalue weighted by atomic mass is 10.00. The molecule has 2 aromatic carbocycles. The molecular weight excluding hydrogens is 309 g/mol. The van der Waals surface area contributed by atoms with Crippen LogP contribution in [0.1, 0.15) is 23.7 Å². The van der Waals surface area contributed by atoms with Gasteiger partial charge in [-0.25, -0.2) is 4.79 Å². The summed E-state index contributed by atoms with van der Waals surface area (Å²) in [6.45, 7) is 2.26. The molecular formula is C16H15Cl2NO2. The zero-order valence-electron chi connectivity index (χ0n) is 11.5. The number of nitrogens with two attached hydrogens (primary N) is 1. The van der Waals surface area contributed by atoms with Crippen molar-refractivity contribution in [2.24, 2.45) is 0 Å². The highest BCUT2D eigenvalue weighted by Gasteiger charge is 2.17. The monoisotopic (exact) mass is 323 g/mol. The van der Waals surface area contributed by atoms with Crippen molar-refractivity contribution in [1.82, 2.24) is 0 Å². The zero-order chi connectivity index (χ0) is 15.4. The topological polar surface area (TPSA) is 52.3 Å². The number of rotatable bonds is 4. The third kappa shape index (κ3) is 3.49. The Bertz CT molecular complexity index is 671. The van der Waals surface area contributed by atoms with E-state index in [2.05, 4.69) is 0 Å². The number of nitrogen functional groups attached to an aromatic ring is 1. The van der Waals surface area contributed by atoms with Crippen LogP contribution in [0.5, 0.6) is 0 Å². The molecule has 2 N–H and O–H groups in total. The standard InChI is InChI=1S/C16H15Cl2NO2/c1-2-7-21-16(20)13-9-10(17)8-12(15(13)19)11-5-3-4-6-14(11)18/h3-6,8-9H,2,7,19H2,1H3. The summed E-state index contributed by atoms with van der Waals surface area (Å²) in [6.07, 6.45) is 0.740. The number of esters is 1. The van der Waals surface area contributed by atoms with Crippen LogP contribution in [0.15, 0.2) is 36.4 Å². The lowest BCUT2D eigenvalue weighted by Crippen LogP contribution is -2.10. The van der Waals surface area contributed by atoms with Crippen LogP contribution in [0.3, 0.4) is 0 Å². The van der Waals surface area contributed by atoms with E-state index in [-0.39, 0.29) is 5.56 Å².